The summed E-state index contributed by atoms with van der Waals surface area (Å²) in [7, 11) is 0. The summed E-state index contributed by atoms with van der Waals surface area (Å²) in [6, 6.07) is 2.34. The highest BCUT2D eigenvalue weighted by Gasteiger charge is 2.16. The molecule has 1 aromatic rings. The lowest BCUT2D eigenvalue weighted by Gasteiger charge is -2.18. The zero-order valence-electron chi connectivity index (χ0n) is 9.60. The van der Waals surface area contributed by atoms with Crippen LogP contribution in [-0.2, 0) is 0 Å². The average molecular weight is 209 g/mol. The van der Waals surface area contributed by atoms with Crippen LogP contribution in [0.3, 0.4) is 0 Å². The summed E-state index contributed by atoms with van der Waals surface area (Å²) in [4.78, 5) is 8.37. The van der Waals surface area contributed by atoms with Crippen molar-refractivity contribution in [2.24, 2.45) is 11.7 Å². The van der Waals surface area contributed by atoms with E-state index in [0.717, 1.165) is 5.69 Å². The Labute approximate surface area is 90.9 Å². The number of aromatic nitrogens is 2. The quantitative estimate of drug-likeness (QED) is 0.799. The van der Waals surface area contributed by atoms with Gasteiger partial charge in [-0.2, -0.15) is 4.98 Å². The molecule has 0 aliphatic carbocycles. The molecule has 1 rings (SSSR count). The van der Waals surface area contributed by atoms with E-state index in [-0.39, 0.29) is 5.92 Å². The molecule has 15 heavy (non-hydrogen) atoms. The molecule has 0 aliphatic heterocycles. The van der Waals surface area contributed by atoms with Gasteiger partial charge in [-0.25, -0.2) is 4.98 Å². The Morgan fingerprint density at radius 1 is 1.47 bits per heavy atom. The Balaban J connectivity index is 2.87. The zero-order chi connectivity index (χ0) is 11.3. The SMILES string of the molecule is CCOc1nccc(C(CN)C(C)C)n1. The Morgan fingerprint density at radius 2 is 2.20 bits per heavy atom. The van der Waals surface area contributed by atoms with Gasteiger partial charge in [0.1, 0.15) is 0 Å². The molecule has 2 N–H and O–H groups in total. The molecule has 1 aromatic heterocycles. The fourth-order valence-electron chi connectivity index (χ4n) is 1.49. The minimum absolute atomic E-state index is 0.271. The van der Waals surface area contributed by atoms with Gasteiger partial charge in [-0.15, -0.1) is 0 Å². The summed E-state index contributed by atoms with van der Waals surface area (Å²) in [6.07, 6.45) is 1.72. The predicted molar refractivity (Wildman–Crippen MR) is 59.8 cm³/mol. The van der Waals surface area contributed by atoms with Crippen LogP contribution in [0.4, 0.5) is 0 Å². The van der Waals surface area contributed by atoms with Crippen LogP contribution in [0.2, 0.25) is 0 Å². The monoisotopic (exact) mass is 209 g/mol. The number of ether oxygens (including phenoxy) is 1. The van der Waals surface area contributed by atoms with E-state index in [0.29, 0.717) is 25.1 Å². The van der Waals surface area contributed by atoms with Gasteiger partial charge >= 0.3 is 6.01 Å². The summed E-state index contributed by atoms with van der Waals surface area (Å²) in [5, 5.41) is 0. The topological polar surface area (TPSA) is 61.0 Å². The van der Waals surface area contributed by atoms with Crippen molar-refractivity contribution in [2.75, 3.05) is 13.2 Å². The number of hydrogen-bond donors (Lipinski definition) is 1. The summed E-state index contributed by atoms with van der Waals surface area (Å²) < 4.78 is 5.26. The highest BCUT2D eigenvalue weighted by Crippen LogP contribution is 2.21. The minimum Gasteiger partial charge on any atom is -0.464 e. The summed E-state index contributed by atoms with van der Waals surface area (Å²) in [6.45, 7) is 7.37. The van der Waals surface area contributed by atoms with Crippen molar-refractivity contribution in [1.29, 1.82) is 0 Å². The second kappa shape index (κ2) is 5.66. The van der Waals surface area contributed by atoms with Crippen molar-refractivity contribution in [1.82, 2.24) is 9.97 Å². The van der Waals surface area contributed by atoms with Gasteiger partial charge in [0.05, 0.1) is 12.3 Å². The fourth-order valence-corrected chi connectivity index (χ4v) is 1.49. The Morgan fingerprint density at radius 3 is 2.73 bits per heavy atom. The molecule has 0 saturated carbocycles. The van der Waals surface area contributed by atoms with E-state index in [2.05, 4.69) is 23.8 Å². The smallest absolute Gasteiger partial charge is 0.316 e. The first kappa shape index (κ1) is 11.9. The molecule has 0 bridgehead atoms. The van der Waals surface area contributed by atoms with Crippen molar-refractivity contribution in [3.63, 3.8) is 0 Å². The molecule has 1 unspecified atom stereocenters. The average Bonchev–Trinajstić information content (AvgIpc) is 2.19. The van der Waals surface area contributed by atoms with Gasteiger partial charge < -0.3 is 10.5 Å². The molecule has 84 valence electrons. The Bertz CT molecular complexity index is 302. The fraction of sp³-hybridized carbons (Fsp3) is 0.636. The van der Waals surface area contributed by atoms with Crippen molar-refractivity contribution in [3.05, 3.63) is 18.0 Å². The highest BCUT2D eigenvalue weighted by molar-refractivity contribution is 5.12. The van der Waals surface area contributed by atoms with Gasteiger partial charge in [-0.3, -0.25) is 0 Å². The Kier molecular flexibility index (Phi) is 4.49. The van der Waals surface area contributed by atoms with Crippen LogP contribution in [-0.4, -0.2) is 23.1 Å². The molecule has 4 heteroatoms. The largest absolute Gasteiger partial charge is 0.464 e. The molecule has 0 aromatic carbocycles. The maximum atomic E-state index is 5.73. The standard InChI is InChI=1S/C11H19N3O/c1-4-15-11-13-6-5-10(14-11)9(7-12)8(2)3/h5-6,8-9H,4,7,12H2,1-3H3. The number of hydrogen-bond acceptors (Lipinski definition) is 4. The van der Waals surface area contributed by atoms with Crippen LogP contribution >= 0.6 is 0 Å². The van der Waals surface area contributed by atoms with Gasteiger partial charge in [-0.05, 0) is 18.9 Å². The van der Waals surface area contributed by atoms with Crippen LogP contribution in [0, 0.1) is 5.92 Å². The van der Waals surface area contributed by atoms with Crippen LogP contribution in [0.15, 0.2) is 12.3 Å². The van der Waals surface area contributed by atoms with E-state index < -0.39 is 0 Å². The van der Waals surface area contributed by atoms with Crippen LogP contribution < -0.4 is 10.5 Å². The molecule has 0 radical (unpaired) electrons. The lowest BCUT2D eigenvalue weighted by molar-refractivity contribution is 0.309. The van der Waals surface area contributed by atoms with E-state index in [1.54, 1.807) is 6.20 Å². The number of nitrogens with zero attached hydrogens (tertiary/aromatic N) is 2. The summed E-state index contributed by atoms with van der Waals surface area (Å²) >= 11 is 0. The minimum atomic E-state index is 0.271. The highest BCUT2D eigenvalue weighted by atomic mass is 16.5. The van der Waals surface area contributed by atoms with E-state index in [9.17, 15) is 0 Å². The first-order valence-corrected chi connectivity index (χ1v) is 5.34. The lowest BCUT2D eigenvalue weighted by atomic mass is 9.92. The van der Waals surface area contributed by atoms with Gasteiger partial charge in [0.25, 0.3) is 0 Å². The Hall–Kier alpha value is -1.16. The molecule has 1 heterocycles. The third-order valence-corrected chi connectivity index (χ3v) is 2.37. The van der Waals surface area contributed by atoms with Gasteiger partial charge in [0.2, 0.25) is 0 Å². The summed E-state index contributed by atoms with van der Waals surface area (Å²) in [5.74, 6) is 0.742. The number of nitrogens with two attached hydrogens (primary N) is 1. The molecule has 0 fully saturated rings. The number of rotatable bonds is 5. The molecular weight excluding hydrogens is 190 g/mol. The van der Waals surface area contributed by atoms with Gasteiger partial charge in [0, 0.05) is 18.7 Å². The van der Waals surface area contributed by atoms with Gasteiger partial charge in [-0.1, -0.05) is 13.8 Å². The van der Waals surface area contributed by atoms with Crippen molar-refractivity contribution in [2.45, 2.75) is 26.7 Å². The van der Waals surface area contributed by atoms with Crippen LogP contribution in [0.5, 0.6) is 6.01 Å². The molecule has 0 aliphatic rings. The van der Waals surface area contributed by atoms with Crippen LogP contribution in [0.1, 0.15) is 32.4 Å². The van der Waals surface area contributed by atoms with E-state index >= 15 is 0 Å². The molecule has 0 amide bonds. The molecule has 4 nitrogen and oxygen atoms in total. The third kappa shape index (κ3) is 3.16. The van der Waals surface area contributed by atoms with Gasteiger partial charge in [0.15, 0.2) is 0 Å². The van der Waals surface area contributed by atoms with Crippen LogP contribution in [0.25, 0.3) is 0 Å². The second-order valence-corrected chi connectivity index (χ2v) is 3.78. The van der Waals surface area contributed by atoms with Crippen molar-refractivity contribution in [3.8, 4) is 6.01 Å². The van der Waals surface area contributed by atoms with E-state index in [1.165, 1.54) is 0 Å². The summed E-state index contributed by atoms with van der Waals surface area (Å²) in [5.41, 5.74) is 6.69. The molecule has 0 saturated heterocycles. The third-order valence-electron chi connectivity index (χ3n) is 2.37. The predicted octanol–water partition coefficient (Wildman–Crippen LogP) is 1.57. The second-order valence-electron chi connectivity index (χ2n) is 3.78. The maximum Gasteiger partial charge on any atom is 0.316 e. The molecule has 1 atom stereocenters. The molecule has 0 spiro atoms. The lowest BCUT2D eigenvalue weighted by Crippen LogP contribution is -2.19. The zero-order valence-corrected chi connectivity index (χ0v) is 9.60. The molecular formula is C11H19N3O. The van der Waals surface area contributed by atoms with E-state index in [1.807, 2.05) is 13.0 Å². The van der Waals surface area contributed by atoms with E-state index in [4.69, 9.17) is 10.5 Å². The first-order valence-electron chi connectivity index (χ1n) is 5.34. The maximum absolute atomic E-state index is 5.73. The van der Waals surface area contributed by atoms with Crippen molar-refractivity contribution < 1.29 is 4.74 Å². The normalized spacial score (nSPS) is 12.9. The first-order chi connectivity index (χ1) is 7.19. The van der Waals surface area contributed by atoms with Crippen molar-refractivity contribution >= 4 is 0 Å².